The van der Waals surface area contributed by atoms with Crippen LogP contribution in [0.15, 0.2) is 54.6 Å². The first-order valence-electron chi connectivity index (χ1n) is 10.2. The van der Waals surface area contributed by atoms with Crippen molar-refractivity contribution >= 4 is 22.9 Å². The Morgan fingerprint density at radius 3 is 2.61 bits per heavy atom. The van der Waals surface area contributed by atoms with Crippen molar-refractivity contribution < 1.29 is 28.5 Å². The van der Waals surface area contributed by atoms with E-state index in [4.69, 9.17) is 26.4 Å². The number of hydrogen-bond donors (Lipinski definition) is 1. The van der Waals surface area contributed by atoms with E-state index in [1.165, 1.54) is 13.2 Å². The first-order chi connectivity index (χ1) is 15.0. The number of aliphatic hydroxyl groups excluding tert-OH is 1. The fourth-order valence-electron chi connectivity index (χ4n) is 4.29. The summed E-state index contributed by atoms with van der Waals surface area (Å²) < 4.78 is 31.6. The van der Waals surface area contributed by atoms with Crippen LogP contribution in [-0.4, -0.2) is 55.6 Å². The molecule has 2 aromatic carbocycles. The normalized spacial score (nSPS) is 23.5. The largest absolute Gasteiger partial charge is 0.396 e. The van der Waals surface area contributed by atoms with Crippen molar-refractivity contribution in [1.82, 2.24) is 0 Å². The van der Waals surface area contributed by atoms with Crippen molar-refractivity contribution in [2.45, 2.75) is 24.4 Å². The van der Waals surface area contributed by atoms with Crippen molar-refractivity contribution in [3.05, 3.63) is 71.5 Å². The standard InChI is InChI=1S/C24H27FO5S/c1-28-16-30-23-14-29-15-24(20(23)13-26,19-9-5-6-10-21(19)25)12-18(31)11-22(27)17-7-3-2-4-8-17/h2-10,20,23,26H,11-16H2,1H3/t20-,23+,24+/m1/s1. The number of rotatable bonds is 10. The van der Waals surface area contributed by atoms with Crippen molar-refractivity contribution in [3.8, 4) is 0 Å². The Hall–Kier alpha value is -2.03. The Morgan fingerprint density at radius 1 is 1.23 bits per heavy atom. The lowest BCUT2D eigenvalue weighted by atomic mass is 9.64. The predicted molar refractivity (Wildman–Crippen MR) is 119 cm³/mol. The number of Topliss-reactive ketones (excluding diaryl/α,β-unsaturated/α-hetero) is 1. The molecule has 3 rings (SSSR count). The Labute approximate surface area is 187 Å². The average Bonchev–Trinajstić information content (AvgIpc) is 2.78. The van der Waals surface area contributed by atoms with Crippen LogP contribution in [-0.2, 0) is 19.6 Å². The van der Waals surface area contributed by atoms with Crippen molar-refractivity contribution in [2.75, 3.05) is 33.7 Å². The van der Waals surface area contributed by atoms with Gasteiger partial charge in [-0.3, -0.25) is 4.79 Å². The second kappa shape index (κ2) is 11.0. The van der Waals surface area contributed by atoms with Crippen molar-refractivity contribution in [3.63, 3.8) is 0 Å². The van der Waals surface area contributed by atoms with Crippen LogP contribution in [0.5, 0.6) is 0 Å². The Kier molecular flexibility index (Phi) is 8.40. The number of hydrogen-bond acceptors (Lipinski definition) is 6. The summed E-state index contributed by atoms with van der Waals surface area (Å²) in [6.45, 7) is 0.183. The van der Waals surface area contributed by atoms with Gasteiger partial charge in [0, 0.05) is 41.9 Å². The molecular formula is C24H27FO5S. The number of thiocarbonyl (C=S) groups is 1. The van der Waals surface area contributed by atoms with Gasteiger partial charge in [0.25, 0.3) is 0 Å². The first kappa shape index (κ1) is 23.6. The minimum Gasteiger partial charge on any atom is -0.396 e. The SMILES string of the molecule is COCO[C@H]1COC[C@@](CC(=S)CC(=O)c2ccccc2)(c2ccccc2F)[C@@H]1CO. The zero-order valence-electron chi connectivity index (χ0n) is 17.5. The molecule has 5 nitrogen and oxygen atoms in total. The summed E-state index contributed by atoms with van der Waals surface area (Å²) in [5, 5.41) is 10.3. The number of benzene rings is 2. The van der Waals surface area contributed by atoms with Crippen LogP contribution in [0.4, 0.5) is 4.39 Å². The number of carbonyl (C=O) groups is 1. The lowest BCUT2D eigenvalue weighted by molar-refractivity contribution is -0.170. The van der Waals surface area contributed by atoms with Gasteiger partial charge in [-0.25, -0.2) is 4.39 Å². The van der Waals surface area contributed by atoms with Crippen LogP contribution in [0.25, 0.3) is 0 Å². The van der Waals surface area contributed by atoms with Gasteiger partial charge < -0.3 is 19.3 Å². The lowest BCUT2D eigenvalue weighted by Gasteiger charge is -2.47. The van der Waals surface area contributed by atoms with Crippen LogP contribution in [0.3, 0.4) is 0 Å². The molecular weight excluding hydrogens is 419 g/mol. The molecule has 0 aromatic heterocycles. The highest BCUT2D eigenvalue weighted by atomic mass is 32.1. The minimum atomic E-state index is -0.967. The molecule has 3 atom stereocenters. The molecule has 0 unspecified atom stereocenters. The minimum absolute atomic E-state index is 0.0226. The maximum absolute atomic E-state index is 15.0. The topological polar surface area (TPSA) is 65.0 Å². The third-order valence-electron chi connectivity index (χ3n) is 5.77. The Balaban J connectivity index is 1.92. The van der Waals surface area contributed by atoms with E-state index in [2.05, 4.69) is 0 Å². The molecule has 0 saturated carbocycles. The third kappa shape index (κ3) is 5.42. The highest BCUT2D eigenvalue weighted by molar-refractivity contribution is 7.80. The van der Waals surface area contributed by atoms with Crippen LogP contribution in [0.2, 0.25) is 0 Å². The number of methoxy groups -OCH3 is 1. The van der Waals surface area contributed by atoms with Gasteiger partial charge in [0.2, 0.25) is 0 Å². The van der Waals surface area contributed by atoms with E-state index in [1.807, 2.05) is 6.07 Å². The van der Waals surface area contributed by atoms with E-state index in [0.717, 1.165) is 0 Å². The van der Waals surface area contributed by atoms with Crippen LogP contribution in [0, 0.1) is 11.7 Å². The van der Waals surface area contributed by atoms with Crippen LogP contribution < -0.4 is 0 Å². The van der Waals surface area contributed by atoms with Gasteiger partial charge in [0.1, 0.15) is 12.6 Å². The Morgan fingerprint density at radius 2 is 1.94 bits per heavy atom. The molecule has 7 heteroatoms. The Bertz CT molecular complexity index is 891. The molecule has 0 aliphatic carbocycles. The molecule has 0 amide bonds. The van der Waals surface area contributed by atoms with E-state index >= 15 is 0 Å². The molecule has 0 bridgehead atoms. The average molecular weight is 447 g/mol. The molecule has 31 heavy (non-hydrogen) atoms. The smallest absolute Gasteiger partial charge is 0.167 e. The van der Waals surface area contributed by atoms with Crippen LogP contribution >= 0.6 is 12.2 Å². The van der Waals surface area contributed by atoms with E-state index < -0.39 is 23.3 Å². The lowest BCUT2D eigenvalue weighted by Crippen LogP contribution is -2.55. The van der Waals surface area contributed by atoms with Crippen LogP contribution in [0.1, 0.15) is 28.8 Å². The van der Waals surface area contributed by atoms with E-state index in [-0.39, 0.29) is 45.2 Å². The molecule has 1 heterocycles. The second-order valence-electron chi connectivity index (χ2n) is 7.73. The molecule has 0 spiro atoms. The fraction of sp³-hybridized carbons (Fsp3) is 0.417. The number of ketones is 1. The molecule has 166 valence electrons. The maximum Gasteiger partial charge on any atom is 0.167 e. The number of aliphatic hydroxyl groups is 1. The van der Waals surface area contributed by atoms with E-state index in [9.17, 15) is 14.3 Å². The predicted octanol–water partition coefficient (Wildman–Crippen LogP) is 3.72. The highest BCUT2D eigenvalue weighted by Gasteiger charge is 2.49. The van der Waals surface area contributed by atoms with Gasteiger partial charge >= 0.3 is 0 Å². The van der Waals surface area contributed by atoms with Gasteiger partial charge in [-0.1, -0.05) is 60.7 Å². The van der Waals surface area contributed by atoms with Gasteiger partial charge in [0.15, 0.2) is 5.78 Å². The highest BCUT2D eigenvalue weighted by Crippen LogP contribution is 2.43. The zero-order chi connectivity index (χ0) is 22.3. The maximum atomic E-state index is 15.0. The van der Waals surface area contributed by atoms with Gasteiger partial charge in [-0.05, 0) is 18.1 Å². The molecule has 1 saturated heterocycles. The van der Waals surface area contributed by atoms with Crippen molar-refractivity contribution in [1.29, 1.82) is 0 Å². The summed E-state index contributed by atoms with van der Waals surface area (Å²) in [6.07, 6.45) is -0.247. The zero-order valence-corrected chi connectivity index (χ0v) is 18.3. The summed E-state index contributed by atoms with van der Waals surface area (Å²) in [4.78, 5) is 13.2. The monoisotopic (exact) mass is 446 g/mol. The first-order valence-corrected chi connectivity index (χ1v) is 10.6. The fourth-order valence-corrected chi connectivity index (χ4v) is 4.68. The molecule has 0 radical (unpaired) electrons. The molecule has 1 fully saturated rings. The quantitative estimate of drug-likeness (QED) is 0.341. The third-order valence-corrected chi connectivity index (χ3v) is 6.06. The van der Waals surface area contributed by atoms with E-state index in [1.54, 1.807) is 42.5 Å². The molecule has 1 aliphatic heterocycles. The number of halogens is 1. The van der Waals surface area contributed by atoms with Gasteiger partial charge in [-0.2, -0.15) is 0 Å². The number of carbonyl (C=O) groups excluding carboxylic acids is 1. The summed E-state index contributed by atoms with van der Waals surface area (Å²) in [5.41, 5.74) is 0.00382. The summed E-state index contributed by atoms with van der Waals surface area (Å²) in [7, 11) is 1.51. The summed E-state index contributed by atoms with van der Waals surface area (Å²) >= 11 is 5.61. The summed E-state index contributed by atoms with van der Waals surface area (Å²) in [6, 6.07) is 15.3. The van der Waals surface area contributed by atoms with E-state index in [0.29, 0.717) is 16.0 Å². The van der Waals surface area contributed by atoms with Gasteiger partial charge in [0.05, 0.1) is 19.3 Å². The van der Waals surface area contributed by atoms with Gasteiger partial charge in [-0.15, -0.1) is 0 Å². The summed E-state index contributed by atoms with van der Waals surface area (Å²) in [5.74, 6) is -0.994. The molecule has 1 N–H and O–H groups in total. The molecule has 1 aliphatic rings. The second-order valence-corrected chi connectivity index (χ2v) is 8.31. The molecule has 2 aromatic rings. The van der Waals surface area contributed by atoms with Crippen molar-refractivity contribution in [2.24, 2.45) is 5.92 Å². The number of ether oxygens (including phenoxy) is 3.